The highest BCUT2D eigenvalue weighted by Crippen LogP contribution is 2.33. The van der Waals surface area contributed by atoms with Crippen LogP contribution in [0.3, 0.4) is 0 Å². The first kappa shape index (κ1) is 15.9. The third-order valence-electron chi connectivity index (χ3n) is 3.96. The minimum Gasteiger partial charge on any atom is -0.467 e. The van der Waals surface area contributed by atoms with Crippen molar-refractivity contribution in [3.63, 3.8) is 0 Å². The van der Waals surface area contributed by atoms with Gasteiger partial charge in [-0.2, -0.15) is 0 Å². The Bertz CT molecular complexity index is 666. The summed E-state index contributed by atoms with van der Waals surface area (Å²) in [5.74, 6) is 1.17. The normalized spacial score (nSPS) is 13.8. The molecule has 1 aromatic carbocycles. The van der Waals surface area contributed by atoms with Gasteiger partial charge in [0.15, 0.2) is 0 Å². The quantitative estimate of drug-likeness (QED) is 0.822. The summed E-state index contributed by atoms with van der Waals surface area (Å²) >= 11 is 6.15. The second kappa shape index (κ2) is 7.09. The molecule has 0 bridgehead atoms. The fraction of sp³-hybridized carbons (Fsp3) is 0.389. The lowest BCUT2D eigenvalue weighted by Gasteiger charge is -2.23. The van der Waals surface area contributed by atoms with Crippen LogP contribution in [0.25, 0.3) is 0 Å². The maximum absolute atomic E-state index is 12.6. The molecule has 1 heterocycles. The van der Waals surface area contributed by atoms with E-state index >= 15 is 0 Å². The third-order valence-corrected chi connectivity index (χ3v) is 4.20. The molecular weight excluding hydrogens is 312 g/mol. The minimum atomic E-state index is 0.173. The van der Waals surface area contributed by atoms with Gasteiger partial charge in [-0.3, -0.25) is 4.79 Å². The first-order chi connectivity index (χ1) is 11.2. The molecule has 0 saturated heterocycles. The Morgan fingerprint density at radius 2 is 2.17 bits per heavy atom. The Balaban J connectivity index is 1.82. The van der Waals surface area contributed by atoms with Crippen LogP contribution in [0.15, 0.2) is 41.0 Å². The molecule has 0 unspecified atom stereocenters. The number of amides is 1. The van der Waals surface area contributed by atoms with Crippen molar-refractivity contribution < 1.29 is 9.21 Å². The van der Waals surface area contributed by atoms with E-state index in [4.69, 9.17) is 16.0 Å². The first-order valence-electron chi connectivity index (χ1n) is 8.01. The number of nitrogens with zero attached hydrogens (tertiary/aromatic N) is 1. The van der Waals surface area contributed by atoms with Crippen molar-refractivity contribution in [1.29, 1.82) is 0 Å². The van der Waals surface area contributed by atoms with Gasteiger partial charge in [-0.15, -0.1) is 0 Å². The van der Waals surface area contributed by atoms with Gasteiger partial charge in [0.05, 0.1) is 12.8 Å². The highest BCUT2D eigenvalue weighted by Gasteiger charge is 2.34. The van der Waals surface area contributed by atoms with Crippen molar-refractivity contribution in [2.24, 2.45) is 5.92 Å². The van der Waals surface area contributed by atoms with Crippen LogP contribution >= 0.6 is 11.6 Å². The molecular formula is C18H21ClN2O2. The Morgan fingerprint density at radius 3 is 2.83 bits per heavy atom. The minimum absolute atomic E-state index is 0.173. The van der Waals surface area contributed by atoms with Gasteiger partial charge in [0.1, 0.15) is 5.76 Å². The molecule has 2 aromatic rings. The molecule has 122 valence electrons. The van der Waals surface area contributed by atoms with Crippen molar-refractivity contribution >= 4 is 23.2 Å². The van der Waals surface area contributed by atoms with Gasteiger partial charge < -0.3 is 14.6 Å². The van der Waals surface area contributed by atoms with Gasteiger partial charge in [0, 0.05) is 29.7 Å². The van der Waals surface area contributed by atoms with Crippen LogP contribution in [0.5, 0.6) is 0 Å². The predicted molar refractivity (Wildman–Crippen MR) is 91.3 cm³/mol. The molecule has 1 N–H and O–H groups in total. The molecule has 0 radical (unpaired) electrons. The number of carbonyl (C=O) groups excluding carboxylic acids is 1. The van der Waals surface area contributed by atoms with Gasteiger partial charge in [-0.25, -0.2) is 0 Å². The van der Waals surface area contributed by atoms with E-state index in [1.165, 1.54) is 0 Å². The standard InChI is InChI=1S/C18H21ClN2O2/c1-2-20-17-8-7-15(19)10-14(17)11-21(18(22)13-5-6-13)12-16-4-3-9-23-16/h3-4,7-10,13,20H,2,5-6,11-12H2,1H3. The van der Waals surface area contributed by atoms with E-state index in [1.54, 1.807) is 6.26 Å². The molecule has 0 spiro atoms. The van der Waals surface area contributed by atoms with E-state index in [0.717, 1.165) is 36.4 Å². The summed E-state index contributed by atoms with van der Waals surface area (Å²) in [7, 11) is 0. The van der Waals surface area contributed by atoms with Gasteiger partial charge in [-0.05, 0) is 55.7 Å². The van der Waals surface area contributed by atoms with Crippen molar-refractivity contribution in [2.75, 3.05) is 11.9 Å². The number of benzene rings is 1. The fourth-order valence-corrected chi connectivity index (χ4v) is 2.85. The molecule has 1 fully saturated rings. The third kappa shape index (κ3) is 4.08. The Kier molecular flexibility index (Phi) is 4.91. The monoisotopic (exact) mass is 332 g/mol. The molecule has 1 aliphatic carbocycles. The molecule has 0 aliphatic heterocycles. The zero-order chi connectivity index (χ0) is 16.2. The number of furan rings is 1. The molecule has 1 saturated carbocycles. The van der Waals surface area contributed by atoms with Crippen LogP contribution in [0, 0.1) is 5.92 Å². The second-order valence-electron chi connectivity index (χ2n) is 5.88. The van der Waals surface area contributed by atoms with Crippen LogP contribution in [-0.4, -0.2) is 17.4 Å². The summed E-state index contributed by atoms with van der Waals surface area (Å²) in [5, 5.41) is 4.01. The van der Waals surface area contributed by atoms with Crippen molar-refractivity contribution in [1.82, 2.24) is 4.90 Å². The van der Waals surface area contributed by atoms with Crippen molar-refractivity contribution in [3.05, 3.63) is 52.9 Å². The van der Waals surface area contributed by atoms with E-state index < -0.39 is 0 Å². The lowest BCUT2D eigenvalue weighted by molar-refractivity contribution is -0.134. The Morgan fingerprint density at radius 1 is 1.35 bits per heavy atom. The summed E-state index contributed by atoms with van der Waals surface area (Å²) < 4.78 is 5.42. The SMILES string of the molecule is CCNc1ccc(Cl)cc1CN(Cc1ccco1)C(=O)C1CC1. The molecule has 1 amide bonds. The maximum atomic E-state index is 12.6. The summed E-state index contributed by atoms with van der Waals surface area (Å²) in [5.41, 5.74) is 2.05. The topological polar surface area (TPSA) is 45.5 Å². The van der Waals surface area contributed by atoms with Crippen LogP contribution in [0.1, 0.15) is 31.1 Å². The van der Waals surface area contributed by atoms with Crippen LogP contribution < -0.4 is 5.32 Å². The number of nitrogens with one attached hydrogen (secondary N) is 1. The molecule has 1 aromatic heterocycles. The highest BCUT2D eigenvalue weighted by atomic mass is 35.5. The van der Waals surface area contributed by atoms with Gasteiger partial charge in [-0.1, -0.05) is 11.6 Å². The number of halogens is 1. The van der Waals surface area contributed by atoms with E-state index in [1.807, 2.05) is 42.2 Å². The average Bonchev–Trinajstić information content (AvgIpc) is 3.26. The van der Waals surface area contributed by atoms with Crippen molar-refractivity contribution in [3.8, 4) is 0 Å². The highest BCUT2D eigenvalue weighted by molar-refractivity contribution is 6.30. The van der Waals surface area contributed by atoms with Gasteiger partial charge >= 0.3 is 0 Å². The summed E-state index contributed by atoms with van der Waals surface area (Å²) in [6, 6.07) is 9.50. The number of anilines is 1. The number of rotatable bonds is 7. The van der Waals surface area contributed by atoms with Gasteiger partial charge in [0.2, 0.25) is 5.91 Å². The lowest BCUT2D eigenvalue weighted by Crippen LogP contribution is -2.31. The Hall–Kier alpha value is -1.94. The van der Waals surface area contributed by atoms with Crippen molar-refractivity contribution in [2.45, 2.75) is 32.9 Å². The predicted octanol–water partition coefficient (Wildman–Crippen LogP) is 4.30. The zero-order valence-electron chi connectivity index (χ0n) is 13.2. The molecule has 23 heavy (non-hydrogen) atoms. The maximum Gasteiger partial charge on any atom is 0.226 e. The number of hydrogen-bond donors (Lipinski definition) is 1. The van der Waals surface area contributed by atoms with E-state index in [0.29, 0.717) is 18.1 Å². The molecule has 3 rings (SSSR count). The number of carbonyl (C=O) groups is 1. The van der Waals surface area contributed by atoms with Crippen LogP contribution in [-0.2, 0) is 17.9 Å². The zero-order valence-corrected chi connectivity index (χ0v) is 14.0. The summed E-state index contributed by atoms with van der Waals surface area (Å²) in [4.78, 5) is 14.5. The lowest BCUT2D eigenvalue weighted by atomic mass is 10.1. The largest absolute Gasteiger partial charge is 0.467 e. The van der Waals surface area contributed by atoms with E-state index in [2.05, 4.69) is 5.32 Å². The molecule has 5 heteroatoms. The second-order valence-corrected chi connectivity index (χ2v) is 6.32. The molecule has 4 nitrogen and oxygen atoms in total. The first-order valence-corrected chi connectivity index (χ1v) is 8.38. The van der Waals surface area contributed by atoms with Crippen LogP contribution in [0.4, 0.5) is 5.69 Å². The molecule has 0 atom stereocenters. The van der Waals surface area contributed by atoms with E-state index in [9.17, 15) is 4.79 Å². The summed E-state index contributed by atoms with van der Waals surface area (Å²) in [6.07, 6.45) is 3.62. The smallest absolute Gasteiger partial charge is 0.226 e. The fourth-order valence-electron chi connectivity index (χ4n) is 2.65. The van der Waals surface area contributed by atoms with E-state index in [-0.39, 0.29) is 11.8 Å². The van der Waals surface area contributed by atoms with Gasteiger partial charge in [0.25, 0.3) is 0 Å². The number of hydrogen-bond acceptors (Lipinski definition) is 3. The average molecular weight is 333 g/mol. The van der Waals surface area contributed by atoms with Crippen LogP contribution in [0.2, 0.25) is 5.02 Å². The summed E-state index contributed by atoms with van der Waals surface area (Å²) in [6.45, 7) is 3.89. The Labute approximate surface area is 141 Å². The molecule has 1 aliphatic rings.